The van der Waals surface area contributed by atoms with E-state index in [9.17, 15) is 4.79 Å². The van der Waals surface area contributed by atoms with Crippen molar-refractivity contribution in [2.75, 3.05) is 26.2 Å². The molecule has 0 radical (unpaired) electrons. The summed E-state index contributed by atoms with van der Waals surface area (Å²) in [5.41, 5.74) is 5.80. The van der Waals surface area contributed by atoms with Crippen molar-refractivity contribution in [3.05, 3.63) is 12.2 Å². The molecule has 0 bridgehead atoms. The zero-order valence-electron chi connectivity index (χ0n) is 10.8. The third-order valence-corrected chi connectivity index (χ3v) is 3.92. The Kier molecular flexibility index (Phi) is 3.84. The highest BCUT2D eigenvalue weighted by Gasteiger charge is 2.31. The zero-order chi connectivity index (χ0) is 12.4. The minimum absolute atomic E-state index is 0.0189. The van der Waals surface area contributed by atoms with Crippen molar-refractivity contribution < 1.29 is 4.79 Å². The van der Waals surface area contributed by atoms with E-state index in [4.69, 9.17) is 5.73 Å². The molecule has 2 aliphatic rings. The molecule has 96 valence electrons. The molecular weight excluding hydrogens is 214 g/mol. The quantitative estimate of drug-likeness (QED) is 0.709. The number of rotatable bonds is 2. The van der Waals surface area contributed by atoms with Gasteiger partial charge in [0.25, 0.3) is 0 Å². The summed E-state index contributed by atoms with van der Waals surface area (Å²) < 4.78 is 0. The van der Waals surface area contributed by atoms with Crippen molar-refractivity contribution in [3.8, 4) is 0 Å². The summed E-state index contributed by atoms with van der Waals surface area (Å²) in [5.74, 6) is 0.280. The Balaban J connectivity index is 1.91. The number of amides is 1. The lowest BCUT2D eigenvalue weighted by molar-refractivity contribution is -0.136. The summed E-state index contributed by atoms with van der Waals surface area (Å²) in [5, 5.41) is 0. The summed E-state index contributed by atoms with van der Waals surface area (Å²) in [6.07, 6.45) is 4.71. The average molecular weight is 237 g/mol. The van der Waals surface area contributed by atoms with E-state index in [2.05, 4.69) is 18.7 Å². The third kappa shape index (κ3) is 2.69. The van der Waals surface area contributed by atoms with Gasteiger partial charge in [0.1, 0.15) is 0 Å². The molecule has 4 heteroatoms. The smallest absolute Gasteiger partial charge is 0.229 e. The van der Waals surface area contributed by atoms with Gasteiger partial charge in [0.05, 0.1) is 5.92 Å². The van der Waals surface area contributed by atoms with Crippen molar-refractivity contribution >= 4 is 5.91 Å². The van der Waals surface area contributed by atoms with Gasteiger partial charge in [0.2, 0.25) is 5.91 Å². The van der Waals surface area contributed by atoms with Gasteiger partial charge < -0.3 is 10.6 Å². The summed E-state index contributed by atoms with van der Waals surface area (Å²) in [7, 11) is 0. The highest BCUT2D eigenvalue weighted by molar-refractivity contribution is 5.81. The molecule has 4 nitrogen and oxygen atoms in total. The molecule has 17 heavy (non-hydrogen) atoms. The molecule has 0 aromatic heterocycles. The van der Waals surface area contributed by atoms with Gasteiger partial charge >= 0.3 is 0 Å². The van der Waals surface area contributed by atoms with Crippen LogP contribution in [0.25, 0.3) is 0 Å². The first-order chi connectivity index (χ1) is 8.11. The van der Waals surface area contributed by atoms with Crippen LogP contribution in [0.2, 0.25) is 0 Å². The maximum atomic E-state index is 12.3. The van der Waals surface area contributed by atoms with Crippen molar-refractivity contribution in [1.29, 1.82) is 0 Å². The highest BCUT2D eigenvalue weighted by atomic mass is 16.2. The largest absolute Gasteiger partial charge is 0.339 e. The molecular formula is C13H23N3O. The molecule has 1 aliphatic heterocycles. The van der Waals surface area contributed by atoms with Crippen molar-refractivity contribution in [3.63, 3.8) is 0 Å². The van der Waals surface area contributed by atoms with E-state index >= 15 is 0 Å². The summed E-state index contributed by atoms with van der Waals surface area (Å²) in [6.45, 7) is 8.14. The molecule has 0 aromatic rings. The first-order valence-electron chi connectivity index (χ1n) is 6.58. The van der Waals surface area contributed by atoms with Crippen molar-refractivity contribution in [2.45, 2.75) is 32.4 Å². The average Bonchev–Trinajstić information content (AvgIpc) is 2.75. The molecule has 0 spiro atoms. The standard InChI is InChI=1S/C13H23N3O/c1-3-15-6-7-16(9-10(15)2)13(17)11-4-5-12(14)8-11/h4-5,10-12H,3,6-9,14H2,1-2H3. The fourth-order valence-electron chi connectivity index (χ4n) is 2.81. The molecule has 1 fully saturated rings. The van der Waals surface area contributed by atoms with Crippen LogP contribution in [0.3, 0.4) is 0 Å². The Bertz CT molecular complexity index is 316. The third-order valence-electron chi connectivity index (χ3n) is 3.92. The topological polar surface area (TPSA) is 49.6 Å². The van der Waals surface area contributed by atoms with Gasteiger partial charge in [0, 0.05) is 31.7 Å². The number of likely N-dealkylation sites (N-methyl/N-ethyl adjacent to an activating group) is 1. The van der Waals surface area contributed by atoms with Crippen LogP contribution in [-0.2, 0) is 4.79 Å². The molecule has 1 amide bonds. The number of piperazine rings is 1. The first kappa shape index (κ1) is 12.6. The molecule has 1 saturated heterocycles. The second-order valence-electron chi connectivity index (χ2n) is 5.15. The maximum absolute atomic E-state index is 12.3. The van der Waals surface area contributed by atoms with E-state index < -0.39 is 0 Å². The van der Waals surface area contributed by atoms with E-state index in [1.54, 1.807) is 0 Å². The first-order valence-corrected chi connectivity index (χ1v) is 6.58. The Labute approximate surface area is 103 Å². The maximum Gasteiger partial charge on any atom is 0.229 e. The number of carbonyl (C=O) groups is 1. The second-order valence-corrected chi connectivity index (χ2v) is 5.15. The lowest BCUT2D eigenvalue weighted by atomic mass is 10.0. The molecule has 1 aliphatic carbocycles. The van der Waals surface area contributed by atoms with E-state index in [-0.39, 0.29) is 17.9 Å². The Morgan fingerprint density at radius 1 is 1.41 bits per heavy atom. The van der Waals surface area contributed by atoms with Crippen LogP contribution in [0, 0.1) is 5.92 Å². The molecule has 0 saturated carbocycles. The number of hydrogen-bond donors (Lipinski definition) is 1. The predicted octanol–water partition coefficient (Wildman–Crippen LogP) is 0.442. The summed E-state index contributed by atoms with van der Waals surface area (Å²) in [4.78, 5) is 16.7. The number of nitrogens with two attached hydrogens (primary N) is 1. The van der Waals surface area contributed by atoms with Crippen LogP contribution in [-0.4, -0.2) is 54.0 Å². The summed E-state index contributed by atoms with van der Waals surface area (Å²) in [6, 6.07) is 0.537. The van der Waals surface area contributed by atoms with Crippen LogP contribution in [0.1, 0.15) is 20.3 Å². The number of carbonyl (C=O) groups excluding carboxylic acids is 1. The molecule has 2 rings (SSSR count). The van der Waals surface area contributed by atoms with Crippen LogP contribution >= 0.6 is 0 Å². The Morgan fingerprint density at radius 3 is 2.71 bits per heavy atom. The Hall–Kier alpha value is -0.870. The minimum atomic E-state index is 0.0189. The van der Waals surface area contributed by atoms with Crippen molar-refractivity contribution in [2.24, 2.45) is 11.7 Å². The fourth-order valence-corrected chi connectivity index (χ4v) is 2.81. The van der Waals surface area contributed by atoms with Gasteiger partial charge in [-0.1, -0.05) is 19.1 Å². The second kappa shape index (κ2) is 5.19. The van der Waals surface area contributed by atoms with E-state index in [0.29, 0.717) is 6.04 Å². The van der Waals surface area contributed by atoms with Crippen molar-refractivity contribution in [1.82, 2.24) is 9.80 Å². The predicted molar refractivity (Wildman–Crippen MR) is 68.5 cm³/mol. The van der Waals surface area contributed by atoms with Gasteiger partial charge in [-0.15, -0.1) is 0 Å². The number of nitrogens with zero attached hydrogens (tertiary/aromatic N) is 2. The van der Waals surface area contributed by atoms with Crippen LogP contribution in [0.15, 0.2) is 12.2 Å². The minimum Gasteiger partial charge on any atom is -0.339 e. The fraction of sp³-hybridized carbons (Fsp3) is 0.769. The van der Waals surface area contributed by atoms with E-state index in [1.807, 2.05) is 17.1 Å². The van der Waals surface area contributed by atoms with Crippen LogP contribution in [0.4, 0.5) is 0 Å². The molecule has 3 unspecified atom stereocenters. The van der Waals surface area contributed by atoms with E-state index in [0.717, 1.165) is 32.6 Å². The number of hydrogen-bond acceptors (Lipinski definition) is 3. The normalized spacial score (nSPS) is 34.3. The lowest BCUT2D eigenvalue weighted by Crippen LogP contribution is -2.54. The van der Waals surface area contributed by atoms with Gasteiger partial charge in [-0.25, -0.2) is 0 Å². The molecule has 1 heterocycles. The lowest BCUT2D eigenvalue weighted by Gasteiger charge is -2.40. The zero-order valence-corrected chi connectivity index (χ0v) is 10.8. The molecule has 3 atom stereocenters. The highest BCUT2D eigenvalue weighted by Crippen LogP contribution is 2.20. The monoisotopic (exact) mass is 237 g/mol. The van der Waals surface area contributed by atoms with Crippen LogP contribution in [0.5, 0.6) is 0 Å². The molecule has 2 N–H and O–H groups in total. The Morgan fingerprint density at radius 2 is 2.18 bits per heavy atom. The SMILES string of the molecule is CCN1CCN(C(=O)C2C=CC(N)C2)CC1C. The van der Waals surface area contributed by atoms with Gasteiger partial charge in [-0.2, -0.15) is 0 Å². The summed E-state index contributed by atoms with van der Waals surface area (Å²) >= 11 is 0. The van der Waals surface area contributed by atoms with Gasteiger partial charge in [-0.3, -0.25) is 9.69 Å². The van der Waals surface area contributed by atoms with Gasteiger partial charge in [0.15, 0.2) is 0 Å². The van der Waals surface area contributed by atoms with E-state index in [1.165, 1.54) is 0 Å². The molecule has 0 aromatic carbocycles. The van der Waals surface area contributed by atoms with Gasteiger partial charge in [-0.05, 0) is 19.9 Å². The van der Waals surface area contributed by atoms with Crippen LogP contribution < -0.4 is 5.73 Å².